The third-order valence-corrected chi connectivity index (χ3v) is 13.5. The third-order valence-electron chi connectivity index (χ3n) is 13.5. The fourth-order valence-electron chi connectivity index (χ4n) is 10.9. The molecule has 1 heterocycles. The number of anilines is 2. The maximum Gasteiger partial charge on any atom is 0.0708 e. The minimum Gasteiger partial charge on any atom is -0.334 e. The van der Waals surface area contributed by atoms with Crippen LogP contribution in [0.25, 0.3) is 43.4 Å². The Morgan fingerprint density at radius 1 is 0.623 bits per heavy atom. The van der Waals surface area contributed by atoms with E-state index in [4.69, 9.17) is 6.58 Å². The number of hydrogen-bond acceptors (Lipinski definition) is 1. The van der Waals surface area contributed by atoms with Crippen LogP contribution in [0.4, 0.5) is 11.4 Å². The van der Waals surface area contributed by atoms with Crippen molar-refractivity contribution in [3.05, 3.63) is 192 Å². The topological polar surface area (TPSA) is 3.24 Å². The second-order valence-electron chi connectivity index (χ2n) is 16.0. The van der Waals surface area contributed by atoms with Crippen molar-refractivity contribution in [1.82, 2.24) is 0 Å². The molecule has 258 valence electrons. The second-order valence-corrected chi connectivity index (χ2v) is 16.0. The van der Waals surface area contributed by atoms with Gasteiger partial charge in [0.15, 0.2) is 0 Å². The van der Waals surface area contributed by atoms with E-state index in [1.165, 1.54) is 96.3 Å². The molecule has 2 aliphatic carbocycles. The summed E-state index contributed by atoms with van der Waals surface area (Å²) in [7, 11) is 0. The van der Waals surface area contributed by atoms with Gasteiger partial charge in [-0.25, -0.2) is 0 Å². The van der Waals surface area contributed by atoms with Crippen molar-refractivity contribution in [3.8, 4) is 11.1 Å². The summed E-state index contributed by atoms with van der Waals surface area (Å²) in [5.74, 6) is 0. The Balaban J connectivity index is 1.31. The molecule has 3 aliphatic rings. The molecule has 0 aromatic heterocycles. The first-order valence-electron chi connectivity index (χ1n) is 19.4. The summed E-state index contributed by atoms with van der Waals surface area (Å²) in [4.78, 5) is 2.77. The van der Waals surface area contributed by atoms with E-state index in [0.29, 0.717) is 0 Å². The molecule has 0 bridgehead atoms. The van der Waals surface area contributed by atoms with Crippen molar-refractivity contribution in [1.29, 1.82) is 0 Å². The largest absolute Gasteiger partial charge is 0.334 e. The SMILES string of the molecule is C=C(/C=C\C=C/C)C1(c2ccccc2)c2cc(N3c4c(ccc5ccccc45)C4(C)CCCCC34C)ccc2-c2c1ccc1c2ccc2ccccc21. The van der Waals surface area contributed by atoms with Gasteiger partial charge in [0.05, 0.1) is 16.6 Å². The molecule has 0 radical (unpaired) electrons. The molecule has 1 heteroatoms. The lowest BCUT2D eigenvalue weighted by Gasteiger charge is -2.50. The molecule has 3 atom stereocenters. The summed E-state index contributed by atoms with van der Waals surface area (Å²) < 4.78 is 0. The summed E-state index contributed by atoms with van der Waals surface area (Å²) in [5.41, 5.74) is 11.1. The number of rotatable bonds is 5. The minimum atomic E-state index is -0.585. The normalized spacial score (nSPS) is 23.2. The van der Waals surface area contributed by atoms with E-state index in [1.807, 2.05) is 0 Å². The van der Waals surface area contributed by atoms with Crippen LogP contribution in [0.15, 0.2) is 170 Å². The molecule has 1 aliphatic heterocycles. The minimum absolute atomic E-state index is 0.0409. The van der Waals surface area contributed by atoms with Gasteiger partial charge in [0.25, 0.3) is 0 Å². The predicted octanol–water partition coefficient (Wildman–Crippen LogP) is 13.9. The van der Waals surface area contributed by atoms with E-state index in [-0.39, 0.29) is 11.0 Å². The number of nitrogens with zero attached hydrogens (tertiary/aromatic N) is 1. The molecule has 0 amide bonds. The summed E-state index contributed by atoms with van der Waals surface area (Å²) in [6.45, 7) is 12.1. The quantitative estimate of drug-likeness (QED) is 0.129. The van der Waals surface area contributed by atoms with Crippen LogP contribution in [0.3, 0.4) is 0 Å². The standard InChI is InChI=1S/C52H45N/c1-5-6-8-17-35(2)52(38-20-9-7-10-21-38)45-31-29-42-40-22-13-11-18-36(40)24-27-43(42)48(45)44-28-26-39(34-47(44)52)53-49-41-23-14-12-19-37(41)25-30-46(49)50(3)32-15-16-33-51(50,53)4/h5-14,17-31,34H,2,15-16,32-33H2,1,3-4H3/b6-5-,17-8-. The molecule has 7 aromatic carbocycles. The predicted molar refractivity (Wildman–Crippen MR) is 227 cm³/mol. The molecule has 10 rings (SSSR count). The Kier molecular flexibility index (Phi) is 7.05. The monoisotopic (exact) mass is 683 g/mol. The van der Waals surface area contributed by atoms with Crippen LogP contribution in [0.2, 0.25) is 0 Å². The highest BCUT2D eigenvalue weighted by atomic mass is 15.3. The Hall–Kier alpha value is -5.66. The van der Waals surface area contributed by atoms with E-state index in [0.717, 1.165) is 12.0 Å². The Morgan fingerprint density at radius 2 is 1.30 bits per heavy atom. The Bertz CT molecular complexity index is 2690. The molecule has 1 saturated carbocycles. The van der Waals surface area contributed by atoms with Crippen molar-refractivity contribution in [2.45, 2.75) is 62.8 Å². The van der Waals surface area contributed by atoms with E-state index in [1.54, 1.807) is 0 Å². The summed E-state index contributed by atoms with van der Waals surface area (Å²) in [5, 5.41) is 7.79. The average molecular weight is 684 g/mol. The van der Waals surface area contributed by atoms with Gasteiger partial charge in [-0.3, -0.25) is 0 Å². The lowest BCUT2D eigenvalue weighted by molar-refractivity contribution is 0.195. The molecule has 0 spiro atoms. The molecule has 0 saturated heterocycles. The summed E-state index contributed by atoms with van der Waals surface area (Å²) in [6, 6.07) is 50.6. The Morgan fingerprint density at radius 3 is 2.11 bits per heavy atom. The van der Waals surface area contributed by atoms with Gasteiger partial charge in [0.1, 0.15) is 0 Å². The molecule has 3 unspecified atom stereocenters. The highest BCUT2D eigenvalue weighted by Crippen LogP contribution is 2.64. The van der Waals surface area contributed by atoms with Crippen LogP contribution in [0.5, 0.6) is 0 Å². The fourth-order valence-corrected chi connectivity index (χ4v) is 10.9. The first-order chi connectivity index (χ1) is 25.9. The van der Waals surface area contributed by atoms with Crippen LogP contribution >= 0.6 is 0 Å². The van der Waals surface area contributed by atoms with Crippen molar-refractivity contribution in [2.75, 3.05) is 4.90 Å². The highest BCUT2D eigenvalue weighted by Gasteiger charge is 2.58. The summed E-state index contributed by atoms with van der Waals surface area (Å²) >= 11 is 0. The number of allylic oxidation sites excluding steroid dienone is 5. The van der Waals surface area contributed by atoms with Gasteiger partial charge in [0.2, 0.25) is 0 Å². The van der Waals surface area contributed by atoms with Gasteiger partial charge < -0.3 is 4.90 Å². The van der Waals surface area contributed by atoms with Gasteiger partial charge in [-0.15, -0.1) is 0 Å². The summed E-state index contributed by atoms with van der Waals surface area (Å²) in [6.07, 6.45) is 13.5. The van der Waals surface area contributed by atoms with E-state index >= 15 is 0 Å². The van der Waals surface area contributed by atoms with Crippen LogP contribution in [-0.2, 0) is 10.8 Å². The Labute approximate surface area is 313 Å². The number of benzene rings is 7. The molecule has 1 nitrogen and oxygen atoms in total. The van der Waals surface area contributed by atoms with Gasteiger partial charge in [-0.2, -0.15) is 0 Å². The van der Waals surface area contributed by atoms with Gasteiger partial charge in [-0.05, 0) is 105 Å². The zero-order valence-electron chi connectivity index (χ0n) is 31.0. The fraction of sp³-hybridized carbons (Fsp3) is 0.192. The smallest absolute Gasteiger partial charge is 0.0708 e. The van der Waals surface area contributed by atoms with Gasteiger partial charge in [0, 0.05) is 16.5 Å². The maximum atomic E-state index is 4.94. The molecule has 0 N–H and O–H groups in total. The highest BCUT2D eigenvalue weighted by molar-refractivity contribution is 6.15. The van der Waals surface area contributed by atoms with Crippen LogP contribution in [0.1, 0.15) is 68.7 Å². The van der Waals surface area contributed by atoms with E-state index in [9.17, 15) is 0 Å². The zero-order chi connectivity index (χ0) is 36.0. The molecule has 53 heavy (non-hydrogen) atoms. The van der Waals surface area contributed by atoms with Crippen molar-refractivity contribution in [3.63, 3.8) is 0 Å². The molecule has 1 fully saturated rings. The number of hydrogen-bond donors (Lipinski definition) is 0. The van der Waals surface area contributed by atoms with E-state index in [2.05, 4.69) is 183 Å². The van der Waals surface area contributed by atoms with E-state index < -0.39 is 5.41 Å². The first kappa shape index (κ1) is 32.0. The molecular formula is C52H45N. The van der Waals surface area contributed by atoms with Crippen molar-refractivity contribution < 1.29 is 0 Å². The zero-order valence-corrected chi connectivity index (χ0v) is 31.0. The van der Waals surface area contributed by atoms with Crippen molar-refractivity contribution in [2.24, 2.45) is 0 Å². The number of fused-ring (bicyclic) bond motifs is 12. The van der Waals surface area contributed by atoms with Gasteiger partial charge in [-0.1, -0.05) is 172 Å². The van der Waals surface area contributed by atoms with Crippen LogP contribution in [-0.4, -0.2) is 5.54 Å². The average Bonchev–Trinajstić information content (AvgIpc) is 3.62. The van der Waals surface area contributed by atoms with Crippen LogP contribution in [0, 0.1) is 0 Å². The second kappa shape index (κ2) is 11.7. The van der Waals surface area contributed by atoms with Crippen LogP contribution < -0.4 is 4.90 Å². The molecular weight excluding hydrogens is 639 g/mol. The first-order valence-corrected chi connectivity index (χ1v) is 19.4. The molecule has 7 aromatic rings. The van der Waals surface area contributed by atoms with Crippen molar-refractivity contribution >= 4 is 43.7 Å². The maximum absolute atomic E-state index is 4.94. The lowest BCUT2D eigenvalue weighted by Crippen LogP contribution is -2.54. The van der Waals surface area contributed by atoms with Gasteiger partial charge >= 0.3 is 0 Å². The lowest BCUT2D eigenvalue weighted by atomic mass is 9.61. The third kappa shape index (κ3) is 4.20.